The van der Waals surface area contributed by atoms with Gasteiger partial charge in [0, 0.05) is 55.4 Å². The molecule has 17 nitrogen and oxygen atoms in total. The molecule has 0 bridgehead atoms. The molecule has 0 spiro atoms. The van der Waals surface area contributed by atoms with E-state index in [4.69, 9.17) is 9.72 Å². The van der Waals surface area contributed by atoms with Gasteiger partial charge in [0.1, 0.15) is 29.4 Å². The van der Waals surface area contributed by atoms with Gasteiger partial charge in [-0.15, -0.1) is 11.3 Å². The molecule has 81 heavy (non-hydrogen) atoms. The number of hydrogen-bond donors (Lipinski definition) is 5. The van der Waals surface area contributed by atoms with E-state index in [0.717, 1.165) is 48.6 Å². The number of aromatic carboxylic acids is 1. The van der Waals surface area contributed by atoms with Gasteiger partial charge in [-0.3, -0.25) is 29.5 Å². The fraction of sp³-hybridized carbons (Fsp3) is 0.306. The van der Waals surface area contributed by atoms with Crippen LogP contribution in [-0.2, 0) is 33.8 Å². The molecule has 2 aliphatic rings. The summed E-state index contributed by atoms with van der Waals surface area (Å²) in [4.78, 5) is 90.7. The van der Waals surface area contributed by atoms with Crippen molar-refractivity contribution in [3.8, 4) is 33.1 Å². The molecule has 0 aliphatic carbocycles. The number of nitrogens with zero attached hydrogens (tertiary/aromatic N) is 6. The Labute approximate surface area is 477 Å². The maximum absolute atomic E-state index is 14.3. The van der Waals surface area contributed by atoms with Crippen LogP contribution in [0.15, 0.2) is 121 Å². The number of amides is 4. The van der Waals surface area contributed by atoms with Gasteiger partial charge in [-0.25, -0.2) is 19.7 Å². The van der Waals surface area contributed by atoms with Crippen molar-refractivity contribution in [3.63, 3.8) is 0 Å². The molecule has 6 heterocycles. The second-order valence-electron chi connectivity index (χ2n) is 21.7. The first kappa shape index (κ1) is 55.9. The zero-order valence-electron chi connectivity index (χ0n) is 45.9. The smallest absolute Gasteiger partial charge is 0.355 e. The number of para-hydroxylation sites is 1. The number of β-amino-alcohol motifs (C(OH)–C–C–N with tert-alkyl or cyclic N) is 1. The average molecular weight is 1130 g/mol. The number of aliphatic hydroxyl groups is 1. The van der Waals surface area contributed by atoms with Gasteiger partial charge in [-0.05, 0) is 128 Å². The number of carbonyl (C=O) groups is 5. The lowest BCUT2D eigenvalue weighted by Crippen LogP contribution is -2.57. The molecular weight excluding hydrogens is 1060 g/mol. The van der Waals surface area contributed by atoms with Crippen molar-refractivity contribution in [3.05, 3.63) is 166 Å². The predicted molar refractivity (Wildman–Crippen MR) is 314 cm³/mol. The maximum Gasteiger partial charge on any atom is 0.355 e. The molecule has 10 rings (SSSR count). The topological polar surface area (TPSA) is 229 Å². The van der Waals surface area contributed by atoms with Crippen molar-refractivity contribution >= 4 is 73.4 Å². The van der Waals surface area contributed by atoms with Crippen LogP contribution in [0.5, 0.6) is 11.5 Å². The number of anilines is 2. The Kier molecular flexibility index (Phi) is 16.4. The SMILES string of the molecule is Cc1ncsc1-c1ccc(C(C)NC(=O)[C@@H]2C[C@@H](O)CN2C(=O)C(NC(=O)CCCc2ccc(Oc3cccc(-c4ccc(N5CCc6cccc(C(=O)Nc7nc8ccccc8s7)c6C5)nc4C(=O)O)c3C)cc2)C(C)(C)C)nc1. The van der Waals surface area contributed by atoms with Gasteiger partial charge in [0.05, 0.1) is 44.1 Å². The third-order valence-electron chi connectivity index (χ3n) is 14.9. The summed E-state index contributed by atoms with van der Waals surface area (Å²) >= 11 is 2.94. The molecule has 19 heteroatoms. The van der Waals surface area contributed by atoms with Crippen molar-refractivity contribution in [2.24, 2.45) is 5.41 Å². The second kappa shape index (κ2) is 23.7. The molecule has 8 aromatic rings. The van der Waals surface area contributed by atoms with E-state index in [2.05, 4.69) is 30.9 Å². The molecule has 4 aromatic carbocycles. The van der Waals surface area contributed by atoms with E-state index < -0.39 is 47.4 Å². The summed E-state index contributed by atoms with van der Waals surface area (Å²) in [5.74, 6) is -0.998. The van der Waals surface area contributed by atoms with Gasteiger partial charge in [-0.1, -0.05) is 86.7 Å². The minimum absolute atomic E-state index is 0.0353. The van der Waals surface area contributed by atoms with Crippen LogP contribution >= 0.6 is 22.7 Å². The van der Waals surface area contributed by atoms with Crippen LogP contribution in [0.4, 0.5) is 10.9 Å². The molecule has 4 amide bonds. The zero-order chi connectivity index (χ0) is 57.1. The van der Waals surface area contributed by atoms with Crippen molar-refractivity contribution in [2.45, 2.75) is 104 Å². The molecule has 416 valence electrons. The van der Waals surface area contributed by atoms with Gasteiger partial charge in [0.15, 0.2) is 10.8 Å². The largest absolute Gasteiger partial charge is 0.476 e. The first-order valence-corrected chi connectivity index (χ1v) is 28.7. The van der Waals surface area contributed by atoms with Crippen molar-refractivity contribution in [1.29, 1.82) is 0 Å². The van der Waals surface area contributed by atoms with Crippen LogP contribution in [-0.4, -0.2) is 95.9 Å². The number of fused-ring (bicyclic) bond motifs is 2. The highest BCUT2D eigenvalue weighted by atomic mass is 32.1. The van der Waals surface area contributed by atoms with Gasteiger partial charge >= 0.3 is 5.97 Å². The van der Waals surface area contributed by atoms with E-state index in [9.17, 15) is 34.2 Å². The third kappa shape index (κ3) is 12.5. The first-order chi connectivity index (χ1) is 38.9. The molecular formula is C62H63N9O8S2. The third-order valence-corrected chi connectivity index (χ3v) is 16.8. The number of likely N-dealkylation sites (tertiary alicyclic amines) is 1. The first-order valence-electron chi connectivity index (χ1n) is 27.0. The van der Waals surface area contributed by atoms with Crippen LogP contribution in [0.3, 0.4) is 0 Å². The fourth-order valence-electron chi connectivity index (χ4n) is 10.5. The second-order valence-corrected chi connectivity index (χ2v) is 23.6. The number of carbonyl (C=O) groups excluding carboxylic acids is 4. The van der Waals surface area contributed by atoms with Crippen LogP contribution < -0.4 is 25.6 Å². The lowest BCUT2D eigenvalue weighted by Gasteiger charge is -2.35. The summed E-state index contributed by atoms with van der Waals surface area (Å²) in [6.45, 7) is 12.1. The number of hydrogen-bond acceptors (Lipinski definition) is 14. The van der Waals surface area contributed by atoms with Gasteiger partial charge < -0.3 is 35.4 Å². The normalized spacial score (nSPS) is 15.9. The van der Waals surface area contributed by atoms with Crippen LogP contribution in [0.25, 0.3) is 31.8 Å². The number of aromatic nitrogens is 4. The van der Waals surface area contributed by atoms with Crippen LogP contribution in [0.1, 0.15) is 107 Å². The highest BCUT2D eigenvalue weighted by Crippen LogP contribution is 2.37. The number of ether oxygens (including phenoxy) is 1. The standard InChI is InChI=1S/C62H63N9O8S2/c1-35-43(44-25-27-52(67-54(44)60(77)78)70-29-28-39-13-10-15-45(46(39)33-70)57(74)69-61-66-48-16-7-8-18-51(48)81-61)14-11-17-50(35)79-42-23-20-38(21-24-42)12-9-19-53(73)68-56(62(4,5)6)59(76)71-32-41(72)30-49(71)58(75)65-36(2)47-26-22-40(31-63-47)55-37(3)64-34-80-55/h7-8,10-11,13-18,20-27,31,34,36,41,49,56,72H,9,12,19,28-30,32-33H2,1-6H3,(H,65,75)(H,68,73)(H,77,78)(H,66,69,74)/t36?,41-,49+,56?/m1/s1. The average Bonchev–Trinajstić information content (AvgIpc) is 4.26. The minimum Gasteiger partial charge on any atom is -0.476 e. The number of thiazole rings is 2. The van der Waals surface area contributed by atoms with Gasteiger partial charge in [0.2, 0.25) is 17.7 Å². The Morgan fingerprint density at radius 3 is 2.38 bits per heavy atom. The number of carboxylic acids is 1. The number of pyridine rings is 2. The highest BCUT2D eigenvalue weighted by molar-refractivity contribution is 7.22. The van der Waals surface area contributed by atoms with E-state index in [1.807, 2.05) is 144 Å². The Morgan fingerprint density at radius 1 is 0.864 bits per heavy atom. The summed E-state index contributed by atoms with van der Waals surface area (Å²) in [5.41, 5.74) is 9.49. The predicted octanol–water partition coefficient (Wildman–Crippen LogP) is 10.5. The molecule has 1 saturated heterocycles. The van der Waals surface area contributed by atoms with E-state index in [1.165, 1.54) is 27.6 Å². The number of nitrogens with one attached hydrogen (secondary N) is 3. The Morgan fingerprint density at radius 2 is 1.65 bits per heavy atom. The molecule has 4 aromatic heterocycles. The molecule has 4 atom stereocenters. The molecule has 1 fully saturated rings. The Bertz CT molecular complexity index is 3640. The number of aliphatic hydroxyl groups excluding tert-OH is 1. The van der Waals surface area contributed by atoms with Crippen molar-refractivity contribution < 1.29 is 38.9 Å². The van der Waals surface area contributed by atoms with Crippen molar-refractivity contribution in [2.75, 3.05) is 23.3 Å². The summed E-state index contributed by atoms with van der Waals surface area (Å²) < 4.78 is 7.35. The van der Waals surface area contributed by atoms with E-state index >= 15 is 0 Å². The monoisotopic (exact) mass is 1130 g/mol. The lowest BCUT2D eigenvalue weighted by molar-refractivity contribution is -0.144. The van der Waals surface area contributed by atoms with E-state index in [0.29, 0.717) is 77.2 Å². The minimum atomic E-state index is -1.18. The highest BCUT2D eigenvalue weighted by Gasteiger charge is 2.45. The summed E-state index contributed by atoms with van der Waals surface area (Å²) in [6.07, 6.45) is 2.78. The Hall–Kier alpha value is -8.39. The quantitative estimate of drug-likeness (QED) is 0.0572. The lowest BCUT2D eigenvalue weighted by atomic mass is 9.85. The van der Waals surface area contributed by atoms with E-state index in [-0.39, 0.29) is 36.9 Å². The van der Waals surface area contributed by atoms with Crippen LogP contribution in [0.2, 0.25) is 0 Å². The molecule has 2 aliphatic heterocycles. The van der Waals surface area contributed by atoms with Gasteiger partial charge in [0.25, 0.3) is 5.91 Å². The Balaban J connectivity index is 0.736. The summed E-state index contributed by atoms with van der Waals surface area (Å²) in [5, 5.41) is 30.7. The van der Waals surface area contributed by atoms with E-state index in [1.54, 1.807) is 23.8 Å². The zero-order valence-corrected chi connectivity index (χ0v) is 47.5. The molecule has 0 saturated carbocycles. The number of rotatable bonds is 17. The summed E-state index contributed by atoms with van der Waals surface area (Å²) in [6, 6.07) is 31.5. The maximum atomic E-state index is 14.3. The number of aryl methyl sites for hydroxylation is 2. The fourth-order valence-corrected chi connectivity index (χ4v) is 12.2. The van der Waals surface area contributed by atoms with Crippen molar-refractivity contribution in [1.82, 2.24) is 35.5 Å². The van der Waals surface area contributed by atoms with Crippen LogP contribution in [0, 0.1) is 19.3 Å². The summed E-state index contributed by atoms with van der Waals surface area (Å²) in [7, 11) is 0. The molecule has 5 N–H and O–H groups in total. The molecule has 0 radical (unpaired) electrons. The number of benzene rings is 4. The molecule has 2 unspecified atom stereocenters. The number of carboxylic acid groups (broad SMARTS) is 1. The van der Waals surface area contributed by atoms with Gasteiger partial charge in [-0.2, -0.15) is 0 Å².